The predicted molar refractivity (Wildman–Crippen MR) is 81.0 cm³/mol. The van der Waals surface area contributed by atoms with Gasteiger partial charge in [-0.1, -0.05) is 6.92 Å². The van der Waals surface area contributed by atoms with Crippen molar-refractivity contribution in [3.63, 3.8) is 0 Å². The molecule has 2 N–H and O–H groups in total. The minimum absolute atomic E-state index is 0.167. The van der Waals surface area contributed by atoms with E-state index >= 15 is 0 Å². The molecule has 0 bridgehead atoms. The van der Waals surface area contributed by atoms with Gasteiger partial charge in [-0.25, -0.2) is 4.98 Å². The second-order valence-electron chi connectivity index (χ2n) is 5.81. The van der Waals surface area contributed by atoms with Crippen molar-refractivity contribution in [2.24, 2.45) is 11.7 Å². The lowest BCUT2D eigenvalue weighted by atomic mass is 10.00. The number of aromatic nitrogens is 2. The molecule has 0 amide bonds. The molecule has 0 spiro atoms. The van der Waals surface area contributed by atoms with Crippen LogP contribution in [-0.4, -0.2) is 28.5 Å². The normalized spacial score (nSPS) is 22.1. The zero-order chi connectivity index (χ0) is 13.4. The molecule has 3 heterocycles. The number of rotatable bonds is 3. The van der Waals surface area contributed by atoms with Crippen LogP contribution in [-0.2, 0) is 6.42 Å². The Hall–Kier alpha value is -1.07. The molecule has 2 unspecified atom stereocenters. The molecule has 0 radical (unpaired) electrons. The molecular formula is C14H22N4S. The van der Waals surface area contributed by atoms with E-state index in [1.54, 1.807) is 11.3 Å². The zero-order valence-corrected chi connectivity index (χ0v) is 12.5. The summed E-state index contributed by atoms with van der Waals surface area (Å²) in [6.07, 6.45) is 5.60. The van der Waals surface area contributed by atoms with Crippen molar-refractivity contribution in [2.45, 2.75) is 39.2 Å². The quantitative estimate of drug-likeness (QED) is 0.938. The highest BCUT2D eigenvalue weighted by Gasteiger charge is 2.23. The van der Waals surface area contributed by atoms with E-state index in [0.29, 0.717) is 0 Å². The van der Waals surface area contributed by atoms with Gasteiger partial charge in [0.05, 0.1) is 5.69 Å². The van der Waals surface area contributed by atoms with Crippen molar-refractivity contribution in [3.05, 3.63) is 17.3 Å². The Morgan fingerprint density at radius 2 is 2.42 bits per heavy atom. The van der Waals surface area contributed by atoms with Crippen molar-refractivity contribution in [2.75, 3.05) is 18.0 Å². The Kier molecular flexibility index (Phi) is 3.50. The maximum atomic E-state index is 6.01. The fourth-order valence-electron chi connectivity index (χ4n) is 2.95. The SMILES string of the molecule is CC(N)Cc1c(N2CCCC(C)C2)nc2sccn12. The van der Waals surface area contributed by atoms with Crippen LogP contribution in [0.5, 0.6) is 0 Å². The molecule has 2 aromatic heterocycles. The summed E-state index contributed by atoms with van der Waals surface area (Å²) in [5.41, 5.74) is 7.29. The summed E-state index contributed by atoms with van der Waals surface area (Å²) in [6, 6.07) is 0.167. The average Bonchev–Trinajstić information content (AvgIpc) is 2.91. The molecule has 4 nitrogen and oxygen atoms in total. The molecule has 2 atom stereocenters. The molecule has 19 heavy (non-hydrogen) atoms. The monoisotopic (exact) mass is 278 g/mol. The first-order chi connectivity index (χ1) is 9.15. The molecule has 5 heteroatoms. The van der Waals surface area contributed by atoms with Crippen molar-refractivity contribution in [1.29, 1.82) is 0 Å². The highest BCUT2D eigenvalue weighted by Crippen LogP contribution is 2.29. The van der Waals surface area contributed by atoms with Gasteiger partial charge in [0.25, 0.3) is 0 Å². The molecule has 3 rings (SSSR count). The van der Waals surface area contributed by atoms with Gasteiger partial charge in [0.2, 0.25) is 0 Å². The van der Waals surface area contributed by atoms with Crippen LogP contribution in [0.15, 0.2) is 11.6 Å². The van der Waals surface area contributed by atoms with Gasteiger partial charge in [0.15, 0.2) is 10.8 Å². The Bertz CT molecular complexity index is 557. The first kappa shape index (κ1) is 12.9. The third kappa shape index (κ3) is 2.49. The minimum atomic E-state index is 0.167. The summed E-state index contributed by atoms with van der Waals surface area (Å²) in [5.74, 6) is 1.92. The first-order valence-electron chi connectivity index (χ1n) is 7.10. The summed E-state index contributed by atoms with van der Waals surface area (Å²) >= 11 is 1.70. The summed E-state index contributed by atoms with van der Waals surface area (Å²) < 4.78 is 2.21. The number of hydrogen-bond acceptors (Lipinski definition) is 4. The van der Waals surface area contributed by atoms with Gasteiger partial charge in [-0.15, -0.1) is 11.3 Å². The van der Waals surface area contributed by atoms with E-state index in [1.807, 2.05) is 0 Å². The fraction of sp³-hybridized carbons (Fsp3) is 0.643. The Morgan fingerprint density at radius 1 is 1.58 bits per heavy atom. The number of thiazole rings is 1. The molecule has 0 aromatic carbocycles. The van der Waals surface area contributed by atoms with Crippen LogP contribution < -0.4 is 10.6 Å². The van der Waals surface area contributed by atoms with Crippen LogP contribution in [0, 0.1) is 5.92 Å². The smallest absolute Gasteiger partial charge is 0.195 e. The third-order valence-corrected chi connectivity index (χ3v) is 4.57. The number of nitrogens with two attached hydrogens (primary N) is 1. The van der Waals surface area contributed by atoms with Gasteiger partial charge in [-0.2, -0.15) is 0 Å². The van der Waals surface area contributed by atoms with E-state index in [4.69, 9.17) is 10.7 Å². The summed E-state index contributed by atoms with van der Waals surface area (Å²) in [7, 11) is 0. The topological polar surface area (TPSA) is 46.6 Å². The molecule has 1 aliphatic heterocycles. The number of nitrogens with zero attached hydrogens (tertiary/aromatic N) is 3. The van der Waals surface area contributed by atoms with E-state index in [-0.39, 0.29) is 6.04 Å². The fourth-order valence-corrected chi connectivity index (χ4v) is 3.68. The number of fused-ring (bicyclic) bond motifs is 1. The van der Waals surface area contributed by atoms with E-state index in [9.17, 15) is 0 Å². The van der Waals surface area contributed by atoms with Gasteiger partial charge in [-0.3, -0.25) is 4.40 Å². The highest BCUT2D eigenvalue weighted by atomic mass is 32.1. The standard InChI is InChI=1S/C14H22N4S/c1-10-4-3-5-17(9-10)13-12(8-11(2)15)18-6-7-19-14(18)16-13/h6-7,10-11H,3-5,8-9,15H2,1-2H3. The second-order valence-corrected chi connectivity index (χ2v) is 6.69. The Labute approximate surface area is 118 Å². The molecule has 1 saturated heterocycles. The molecule has 104 valence electrons. The van der Waals surface area contributed by atoms with Gasteiger partial charge in [0, 0.05) is 37.1 Å². The van der Waals surface area contributed by atoms with Crippen LogP contribution in [0.2, 0.25) is 0 Å². The van der Waals surface area contributed by atoms with E-state index in [0.717, 1.165) is 36.2 Å². The molecule has 0 saturated carbocycles. The third-order valence-electron chi connectivity index (χ3n) is 3.81. The Morgan fingerprint density at radius 3 is 3.16 bits per heavy atom. The number of piperidine rings is 1. The van der Waals surface area contributed by atoms with Crippen molar-refractivity contribution in [1.82, 2.24) is 9.38 Å². The molecule has 1 fully saturated rings. The highest BCUT2D eigenvalue weighted by molar-refractivity contribution is 7.15. The maximum absolute atomic E-state index is 6.01. The lowest BCUT2D eigenvalue weighted by molar-refractivity contribution is 0.444. The number of hydrogen-bond donors (Lipinski definition) is 1. The van der Waals surface area contributed by atoms with Crippen molar-refractivity contribution < 1.29 is 0 Å². The molecule has 2 aromatic rings. The van der Waals surface area contributed by atoms with E-state index in [1.165, 1.54) is 18.5 Å². The zero-order valence-electron chi connectivity index (χ0n) is 11.7. The Balaban J connectivity index is 1.98. The van der Waals surface area contributed by atoms with Crippen molar-refractivity contribution in [3.8, 4) is 0 Å². The summed E-state index contributed by atoms with van der Waals surface area (Å²) in [5, 5.41) is 2.09. The first-order valence-corrected chi connectivity index (χ1v) is 7.98. The van der Waals surface area contributed by atoms with Crippen molar-refractivity contribution >= 4 is 22.1 Å². The largest absolute Gasteiger partial charge is 0.355 e. The van der Waals surface area contributed by atoms with E-state index in [2.05, 4.69) is 34.7 Å². The second kappa shape index (κ2) is 5.13. The maximum Gasteiger partial charge on any atom is 0.195 e. The lowest BCUT2D eigenvalue weighted by Crippen LogP contribution is -2.35. The minimum Gasteiger partial charge on any atom is -0.355 e. The van der Waals surface area contributed by atoms with Crippen LogP contribution in [0.4, 0.5) is 5.82 Å². The van der Waals surface area contributed by atoms with Gasteiger partial charge in [0.1, 0.15) is 0 Å². The van der Waals surface area contributed by atoms with Crippen LogP contribution in [0.1, 0.15) is 32.4 Å². The van der Waals surface area contributed by atoms with Crippen LogP contribution in [0.3, 0.4) is 0 Å². The average molecular weight is 278 g/mol. The number of anilines is 1. The number of imidazole rings is 1. The van der Waals surface area contributed by atoms with Gasteiger partial charge >= 0.3 is 0 Å². The summed E-state index contributed by atoms with van der Waals surface area (Å²) in [4.78, 5) is 8.37. The van der Waals surface area contributed by atoms with E-state index < -0.39 is 0 Å². The van der Waals surface area contributed by atoms with Crippen LogP contribution in [0.25, 0.3) is 4.96 Å². The van der Waals surface area contributed by atoms with Gasteiger partial charge in [-0.05, 0) is 25.7 Å². The summed E-state index contributed by atoms with van der Waals surface area (Å²) in [6.45, 7) is 6.64. The molecular weight excluding hydrogens is 256 g/mol. The van der Waals surface area contributed by atoms with Gasteiger partial charge < -0.3 is 10.6 Å². The predicted octanol–water partition coefficient (Wildman–Crippen LogP) is 2.52. The lowest BCUT2D eigenvalue weighted by Gasteiger charge is -2.32. The molecule has 0 aliphatic carbocycles. The molecule has 1 aliphatic rings. The van der Waals surface area contributed by atoms with Crippen LogP contribution >= 0.6 is 11.3 Å².